The van der Waals surface area contributed by atoms with Gasteiger partial charge in [-0.2, -0.15) is 13.2 Å². The third kappa shape index (κ3) is 4.78. The molecule has 1 aliphatic rings. The van der Waals surface area contributed by atoms with E-state index < -0.39 is 11.0 Å². The Morgan fingerprint density at radius 2 is 1.76 bits per heavy atom. The van der Waals surface area contributed by atoms with Crippen LogP contribution >= 0.6 is 15.9 Å². The van der Waals surface area contributed by atoms with Gasteiger partial charge < -0.3 is 4.90 Å². The maximum atomic E-state index is 12.4. The van der Waals surface area contributed by atoms with E-state index in [2.05, 4.69) is 22.9 Å². The van der Waals surface area contributed by atoms with Crippen LogP contribution in [0.1, 0.15) is 39.0 Å². The maximum Gasteiger partial charge on any atom is 0.402 e. The lowest BCUT2D eigenvalue weighted by atomic mass is 9.84. The second-order valence-corrected chi connectivity index (χ2v) is 6.14. The van der Waals surface area contributed by atoms with Gasteiger partial charge in [0, 0.05) is 12.6 Å². The van der Waals surface area contributed by atoms with Crippen molar-refractivity contribution in [3.05, 3.63) is 0 Å². The molecule has 0 aromatic heterocycles. The number of hydrogen-bond acceptors (Lipinski definition) is 1. The van der Waals surface area contributed by atoms with Crippen molar-refractivity contribution in [2.24, 2.45) is 5.92 Å². The summed E-state index contributed by atoms with van der Waals surface area (Å²) in [5.74, 6) is 0.780. The number of alkyl halides is 4. The molecular weight excluding hydrogens is 295 g/mol. The Balaban J connectivity index is 2.36. The van der Waals surface area contributed by atoms with E-state index in [0.717, 1.165) is 31.6 Å². The molecule has 1 unspecified atom stereocenters. The summed E-state index contributed by atoms with van der Waals surface area (Å²) in [6, 6.07) is 0.320. The molecule has 0 N–H and O–H groups in total. The Bertz CT molecular complexity index is 224. The molecular formula is C12H21BrF3N. The normalized spacial score (nSPS) is 28.4. The minimum absolute atomic E-state index is 0.0466. The molecule has 17 heavy (non-hydrogen) atoms. The van der Waals surface area contributed by atoms with Crippen molar-refractivity contribution in [1.82, 2.24) is 4.90 Å². The lowest BCUT2D eigenvalue weighted by molar-refractivity contribution is -0.131. The minimum Gasteiger partial charge on any atom is -0.302 e. The van der Waals surface area contributed by atoms with E-state index in [0.29, 0.717) is 6.04 Å². The molecule has 0 amide bonds. The Hall–Kier alpha value is 0.230. The van der Waals surface area contributed by atoms with E-state index in [1.54, 1.807) is 7.05 Å². The lowest BCUT2D eigenvalue weighted by Crippen LogP contribution is -2.42. The molecule has 1 atom stereocenters. The van der Waals surface area contributed by atoms with Crippen LogP contribution in [0.3, 0.4) is 0 Å². The molecule has 1 saturated carbocycles. The smallest absolute Gasteiger partial charge is 0.302 e. The highest BCUT2D eigenvalue weighted by Gasteiger charge is 2.39. The van der Waals surface area contributed by atoms with Crippen LogP contribution in [0.2, 0.25) is 0 Å². The summed E-state index contributed by atoms with van der Waals surface area (Å²) in [6.07, 6.45) is 1.43. The standard InChI is InChI=1S/C12H21BrF3N/c1-3-9-4-6-10(7-5-9)17(2)8-11(13)12(14,15)16/h9-11H,3-8H2,1-2H3. The van der Waals surface area contributed by atoms with E-state index in [1.807, 2.05) is 4.90 Å². The minimum atomic E-state index is -4.14. The van der Waals surface area contributed by atoms with Gasteiger partial charge in [-0.3, -0.25) is 0 Å². The van der Waals surface area contributed by atoms with Crippen LogP contribution in [-0.2, 0) is 0 Å². The molecule has 0 saturated heterocycles. The van der Waals surface area contributed by atoms with E-state index in [9.17, 15) is 13.2 Å². The van der Waals surface area contributed by atoms with Gasteiger partial charge in [0.1, 0.15) is 4.83 Å². The van der Waals surface area contributed by atoms with Crippen LogP contribution in [0.4, 0.5) is 13.2 Å². The SMILES string of the molecule is CCC1CCC(N(C)CC(Br)C(F)(F)F)CC1. The quantitative estimate of drug-likeness (QED) is 0.702. The number of rotatable bonds is 4. The van der Waals surface area contributed by atoms with Crippen molar-refractivity contribution < 1.29 is 13.2 Å². The predicted molar refractivity (Wildman–Crippen MR) is 67.4 cm³/mol. The van der Waals surface area contributed by atoms with Crippen molar-refractivity contribution in [3.8, 4) is 0 Å². The molecule has 0 radical (unpaired) electrons. The van der Waals surface area contributed by atoms with Gasteiger partial charge in [-0.15, -0.1) is 0 Å². The summed E-state index contributed by atoms with van der Waals surface area (Å²) < 4.78 is 37.3. The van der Waals surface area contributed by atoms with E-state index in [-0.39, 0.29) is 6.54 Å². The summed E-state index contributed by atoms with van der Waals surface area (Å²) in [4.78, 5) is 0.447. The largest absolute Gasteiger partial charge is 0.402 e. The fraction of sp³-hybridized carbons (Fsp3) is 1.00. The maximum absolute atomic E-state index is 12.4. The van der Waals surface area contributed by atoms with E-state index >= 15 is 0 Å². The molecule has 1 aliphatic carbocycles. The molecule has 0 bridgehead atoms. The van der Waals surface area contributed by atoms with Crippen LogP contribution in [0.25, 0.3) is 0 Å². The Kier molecular flexibility index (Phi) is 5.77. The molecule has 1 fully saturated rings. The molecule has 5 heteroatoms. The zero-order valence-corrected chi connectivity index (χ0v) is 12.0. The summed E-state index contributed by atoms with van der Waals surface area (Å²) in [5.41, 5.74) is 0. The second kappa shape index (κ2) is 6.41. The van der Waals surface area contributed by atoms with Crippen LogP contribution in [0.15, 0.2) is 0 Å². The van der Waals surface area contributed by atoms with Crippen molar-refractivity contribution in [3.63, 3.8) is 0 Å². The first kappa shape index (κ1) is 15.3. The fourth-order valence-corrected chi connectivity index (χ4v) is 2.96. The average molecular weight is 316 g/mol. The summed E-state index contributed by atoms with van der Waals surface area (Å²) in [5, 5.41) is 0. The fourth-order valence-electron chi connectivity index (χ4n) is 2.50. The van der Waals surface area contributed by atoms with Crippen LogP contribution in [-0.4, -0.2) is 35.5 Å². The van der Waals surface area contributed by atoms with Gasteiger partial charge in [-0.05, 0) is 38.6 Å². The molecule has 0 spiro atoms. The van der Waals surface area contributed by atoms with Crippen molar-refractivity contribution in [1.29, 1.82) is 0 Å². The van der Waals surface area contributed by atoms with Crippen LogP contribution < -0.4 is 0 Å². The predicted octanol–water partition coefficient (Wildman–Crippen LogP) is 4.21. The van der Waals surface area contributed by atoms with Gasteiger partial charge in [0.2, 0.25) is 0 Å². The Labute approximate surface area is 110 Å². The van der Waals surface area contributed by atoms with Crippen LogP contribution in [0, 0.1) is 5.92 Å². The van der Waals surface area contributed by atoms with E-state index in [1.165, 1.54) is 6.42 Å². The third-order valence-electron chi connectivity index (χ3n) is 3.82. The van der Waals surface area contributed by atoms with Gasteiger partial charge >= 0.3 is 6.18 Å². The van der Waals surface area contributed by atoms with Gasteiger partial charge in [-0.25, -0.2) is 0 Å². The summed E-state index contributed by atoms with van der Waals surface area (Å²) >= 11 is 2.72. The monoisotopic (exact) mass is 315 g/mol. The molecule has 0 heterocycles. The highest BCUT2D eigenvalue weighted by atomic mass is 79.9. The summed E-state index contributed by atoms with van der Waals surface area (Å²) in [6.45, 7) is 2.23. The molecule has 0 aliphatic heterocycles. The topological polar surface area (TPSA) is 3.24 Å². The van der Waals surface area contributed by atoms with Crippen molar-refractivity contribution in [2.45, 2.75) is 56.1 Å². The molecule has 1 rings (SSSR count). The third-order valence-corrected chi connectivity index (χ3v) is 4.63. The first-order chi connectivity index (χ1) is 7.84. The van der Waals surface area contributed by atoms with Crippen LogP contribution in [0.5, 0.6) is 0 Å². The zero-order chi connectivity index (χ0) is 13.1. The van der Waals surface area contributed by atoms with Gasteiger partial charge in [-0.1, -0.05) is 29.3 Å². The van der Waals surface area contributed by atoms with Crippen molar-refractivity contribution in [2.75, 3.05) is 13.6 Å². The van der Waals surface area contributed by atoms with Crippen molar-refractivity contribution >= 4 is 15.9 Å². The number of halogens is 4. The zero-order valence-electron chi connectivity index (χ0n) is 10.4. The summed E-state index contributed by atoms with van der Waals surface area (Å²) in [7, 11) is 1.80. The first-order valence-electron chi connectivity index (χ1n) is 6.25. The number of hydrogen-bond donors (Lipinski definition) is 0. The van der Waals surface area contributed by atoms with E-state index in [4.69, 9.17) is 0 Å². The Morgan fingerprint density at radius 1 is 1.24 bits per heavy atom. The van der Waals surface area contributed by atoms with Gasteiger partial charge in [0.15, 0.2) is 0 Å². The molecule has 0 aromatic carbocycles. The average Bonchev–Trinajstić information content (AvgIpc) is 2.27. The lowest BCUT2D eigenvalue weighted by Gasteiger charge is -2.35. The second-order valence-electron chi connectivity index (χ2n) is 5.03. The Morgan fingerprint density at radius 3 is 2.18 bits per heavy atom. The molecule has 1 nitrogen and oxygen atoms in total. The van der Waals surface area contributed by atoms with Gasteiger partial charge in [0.05, 0.1) is 0 Å². The molecule has 102 valence electrons. The van der Waals surface area contributed by atoms with Gasteiger partial charge in [0.25, 0.3) is 0 Å². The highest BCUT2D eigenvalue weighted by Crippen LogP contribution is 2.31. The first-order valence-corrected chi connectivity index (χ1v) is 7.17. The highest BCUT2D eigenvalue weighted by molar-refractivity contribution is 9.09. The molecule has 0 aromatic rings. The number of nitrogens with zero attached hydrogens (tertiary/aromatic N) is 1.